The van der Waals surface area contributed by atoms with Crippen molar-refractivity contribution in [2.75, 3.05) is 17.7 Å². The van der Waals surface area contributed by atoms with Gasteiger partial charge in [0.25, 0.3) is 11.8 Å². The van der Waals surface area contributed by atoms with Gasteiger partial charge in [-0.05, 0) is 48.9 Å². The molecule has 0 aliphatic heterocycles. The van der Waals surface area contributed by atoms with Crippen LogP contribution < -0.4 is 10.6 Å². The maximum atomic E-state index is 14.4. The lowest BCUT2D eigenvalue weighted by Gasteiger charge is -2.12. The summed E-state index contributed by atoms with van der Waals surface area (Å²) in [5, 5.41) is 6.06. The lowest BCUT2D eigenvalue weighted by molar-refractivity contribution is 0.102. The summed E-state index contributed by atoms with van der Waals surface area (Å²) in [6.45, 7) is 2.04. The first-order chi connectivity index (χ1) is 15.5. The Hall–Kier alpha value is -3.55. The number of carbonyl (C=O) groups excluding carboxylic acids is 2. The predicted molar refractivity (Wildman–Crippen MR) is 126 cm³/mol. The van der Waals surface area contributed by atoms with Gasteiger partial charge in [-0.2, -0.15) is 0 Å². The van der Waals surface area contributed by atoms with E-state index in [9.17, 15) is 14.0 Å². The zero-order valence-electron chi connectivity index (χ0n) is 17.6. The fourth-order valence-corrected chi connectivity index (χ4v) is 4.64. The number of nitrogens with one attached hydrogen (secondary N) is 2. The van der Waals surface area contributed by atoms with Gasteiger partial charge in [-0.15, -0.1) is 11.3 Å². The highest BCUT2D eigenvalue weighted by molar-refractivity contribution is 7.21. The topological polar surface area (TPSA) is 67.4 Å². The third-order valence-corrected chi connectivity index (χ3v) is 6.15. The molecule has 0 saturated heterocycles. The quantitative estimate of drug-likeness (QED) is 0.380. The fraction of sp³-hybridized carbons (Fsp3) is 0.120. The summed E-state index contributed by atoms with van der Waals surface area (Å²) < 4.78 is 20.3. The van der Waals surface area contributed by atoms with Crippen LogP contribution in [0.1, 0.15) is 31.2 Å². The zero-order chi connectivity index (χ0) is 22.7. The van der Waals surface area contributed by atoms with E-state index in [-0.39, 0.29) is 12.5 Å². The number of thiophene rings is 1. The molecule has 5 nitrogen and oxygen atoms in total. The van der Waals surface area contributed by atoms with Crippen molar-refractivity contribution >= 4 is 44.6 Å². The molecule has 32 heavy (non-hydrogen) atoms. The van der Waals surface area contributed by atoms with E-state index in [2.05, 4.69) is 10.6 Å². The highest BCUT2D eigenvalue weighted by Crippen LogP contribution is 2.34. The number of hydrogen-bond acceptors (Lipinski definition) is 4. The van der Waals surface area contributed by atoms with Crippen molar-refractivity contribution in [1.82, 2.24) is 0 Å². The minimum atomic E-state index is -0.423. The molecule has 0 aliphatic carbocycles. The Morgan fingerprint density at radius 1 is 0.969 bits per heavy atom. The molecule has 0 unspecified atom stereocenters. The van der Waals surface area contributed by atoms with E-state index in [1.165, 1.54) is 24.5 Å². The fourth-order valence-electron chi connectivity index (χ4n) is 3.52. The normalized spacial score (nSPS) is 10.8. The Labute approximate surface area is 188 Å². The lowest BCUT2D eigenvalue weighted by Crippen LogP contribution is -2.18. The molecule has 2 amide bonds. The van der Waals surface area contributed by atoms with Crippen molar-refractivity contribution in [2.45, 2.75) is 13.5 Å². The van der Waals surface area contributed by atoms with Gasteiger partial charge in [-0.25, -0.2) is 4.39 Å². The summed E-state index contributed by atoms with van der Waals surface area (Å²) in [6, 6.07) is 19.0. The molecule has 3 aromatic carbocycles. The summed E-state index contributed by atoms with van der Waals surface area (Å²) >= 11 is 1.19. The third kappa shape index (κ3) is 4.39. The molecule has 4 aromatic rings. The molecule has 1 heterocycles. The van der Waals surface area contributed by atoms with E-state index < -0.39 is 11.7 Å². The van der Waals surface area contributed by atoms with Crippen LogP contribution in [0.2, 0.25) is 0 Å². The molecular formula is C25H21FN2O3S. The molecule has 0 saturated carbocycles. The van der Waals surface area contributed by atoms with Crippen LogP contribution in [0.15, 0.2) is 66.7 Å². The second-order valence-corrected chi connectivity index (χ2v) is 8.33. The Morgan fingerprint density at radius 2 is 1.75 bits per heavy atom. The van der Waals surface area contributed by atoms with Crippen molar-refractivity contribution in [1.29, 1.82) is 0 Å². The van der Waals surface area contributed by atoms with Crippen LogP contribution in [0.5, 0.6) is 0 Å². The summed E-state index contributed by atoms with van der Waals surface area (Å²) in [5.74, 6) is -1.16. The Kier molecular flexibility index (Phi) is 6.30. The summed E-state index contributed by atoms with van der Waals surface area (Å²) in [5.41, 5.74) is 2.86. The summed E-state index contributed by atoms with van der Waals surface area (Å²) in [6.07, 6.45) is 0. The van der Waals surface area contributed by atoms with E-state index >= 15 is 0 Å². The van der Waals surface area contributed by atoms with Gasteiger partial charge in [0, 0.05) is 28.4 Å². The van der Waals surface area contributed by atoms with Crippen LogP contribution in [0, 0.1) is 12.7 Å². The average Bonchev–Trinajstić information content (AvgIpc) is 3.14. The number of rotatable bonds is 6. The number of fused-ring (bicyclic) bond motifs is 1. The SMILES string of the molecule is COCc1c(C(=O)Nc2ccccc2C(=O)Nc2cccc(C)c2)sc2cccc(F)c12. The lowest BCUT2D eigenvalue weighted by atomic mass is 10.1. The number of anilines is 2. The predicted octanol–water partition coefficient (Wildman–Crippen LogP) is 6.00. The number of carbonyl (C=O) groups is 2. The number of para-hydroxylation sites is 1. The molecule has 7 heteroatoms. The number of halogens is 1. The molecule has 0 fully saturated rings. The zero-order valence-corrected chi connectivity index (χ0v) is 18.4. The number of aryl methyl sites for hydroxylation is 1. The van der Waals surface area contributed by atoms with Crippen LogP contribution in [-0.4, -0.2) is 18.9 Å². The number of hydrogen-bond donors (Lipinski definition) is 2. The van der Waals surface area contributed by atoms with E-state index in [4.69, 9.17) is 4.74 Å². The van der Waals surface area contributed by atoms with Crippen LogP contribution in [0.3, 0.4) is 0 Å². The van der Waals surface area contributed by atoms with E-state index in [1.54, 1.807) is 42.5 Å². The molecule has 0 radical (unpaired) electrons. The van der Waals surface area contributed by atoms with Crippen molar-refractivity contribution in [3.05, 3.63) is 94.1 Å². The first-order valence-electron chi connectivity index (χ1n) is 9.95. The maximum absolute atomic E-state index is 14.4. The molecule has 2 N–H and O–H groups in total. The smallest absolute Gasteiger partial charge is 0.266 e. The van der Waals surface area contributed by atoms with Crippen molar-refractivity contribution < 1.29 is 18.7 Å². The van der Waals surface area contributed by atoms with Crippen molar-refractivity contribution in [3.63, 3.8) is 0 Å². The third-order valence-electron chi connectivity index (χ3n) is 4.95. The average molecular weight is 449 g/mol. The molecule has 0 atom stereocenters. The van der Waals surface area contributed by atoms with Gasteiger partial charge in [-0.3, -0.25) is 9.59 Å². The standard InChI is InChI=1S/C25H21FN2O3S/c1-15-7-5-8-16(13-15)27-24(29)17-9-3-4-11-20(17)28-25(30)23-18(14-31-2)22-19(26)10-6-12-21(22)32-23/h3-13H,14H2,1-2H3,(H,27,29)(H,28,30). The van der Waals surface area contributed by atoms with Gasteiger partial charge in [0.2, 0.25) is 0 Å². The Morgan fingerprint density at radius 3 is 2.53 bits per heavy atom. The second-order valence-electron chi connectivity index (χ2n) is 7.28. The van der Waals surface area contributed by atoms with Gasteiger partial charge in [0.15, 0.2) is 0 Å². The minimum Gasteiger partial charge on any atom is -0.380 e. The van der Waals surface area contributed by atoms with Crippen LogP contribution >= 0.6 is 11.3 Å². The highest BCUT2D eigenvalue weighted by atomic mass is 32.1. The minimum absolute atomic E-state index is 0.0964. The maximum Gasteiger partial charge on any atom is 0.266 e. The van der Waals surface area contributed by atoms with Gasteiger partial charge in [0.05, 0.1) is 22.7 Å². The molecule has 0 spiro atoms. The highest BCUT2D eigenvalue weighted by Gasteiger charge is 2.22. The number of benzene rings is 3. The Balaban J connectivity index is 1.64. The summed E-state index contributed by atoms with van der Waals surface area (Å²) in [4.78, 5) is 26.4. The molecule has 0 bridgehead atoms. The van der Waals surface area contributed by atoms with Gasteiger partial charge >= 0.3 is 0 Å². The van der Waals surface area contributed by atoms with Gasteiger partial charge in [0.1, 0.15) is 5.82 Å². The molecule has 4 rings (SSSR count). The van der Waals surface area contributed by atoms with Crippen molar-refractivity contribution in [3.8, 4) is 0 Å². The van der Waals surface area contributed by atoms with Gasteiger partial charge < -0.3 is 15.4 Å². The van der Waals surface area contributed by atoms with E-state index in [0.717, 1.165) is 5.56 Å². The summed E-state index contributed by atoms with van der Waals surface area (Å²) in [7, 11) is 1.50. The van der Waals surface area contributed by atoms with Crippen LogP contribution in [0.25, 0.3) is 10.1 Å². The van der Waals surface area contributed by atoms with Crippen LogP contribution in [0.4, 0.5) is 15.8 Å². The monoisotopic (exact) mass is 448 g/mol. The first kappa shape index (κ1) is 21.7. The van der Waals surface area contributed by atoms with Crippen molar-refractivity contribution in [2.24, 2.45) is 0 Å². The number of amides is 2. The molecular weight excluding hydrogens is 427 g/mol. The number of ether oxygens (including phenoxy) is 1. The number of methoxy groups -OCH3 is 1. The second kappa shape index (κ2) is 9.30. The molecule has 162 valence electrons. The van der Waals surface area contributed by atoms with Crippen LogP contribution in [-0.2, 0) is 11.3 Å². The molecule has 0 aliphatic rings. The first-order valence-corrected chi connectivity index (χ1v) is 10.8. The Bertz CT molecular complexity index is 1320. The van der Waals surface area contributed by atoms with E-state index in [1.807, 2.05) is 25.1 Å². The van der Waals surface area contributed by atoms with Gasteiger partial charge in [-0.1, -0.05) is 30.3 Å². The van der Waals surface area contributed by atoms with E-state index in [0.29, 0.717) is 37.5 Å². The largest absolute Gasteiger partial charge is 0.380 e. The molecule has 1 aromatic heterocycles.